The first kappa shape index (κ1) is 18.7. The van der Waals surface area contributed by atoms with Gasteiger partial charge in [-0.25, -0.2) is 4.39 Å². The van der Waals surface area contributed by atoms with Crippen LogP contribution in [0.25, 0.3) is 5.57 Å². The van der Waals surface area contributed by atoms with Crippen molar-refractivity contribution in [2.24, 2.45) is 5.92 Å². The van der Waals surface area contributed by atoms with Crippen molar-refractivity contribution < 1.29 is 13.9 Å². The Morgan fingerprint density at radius 1 is 0.966 bits per heavy atom. The Balaban J connectivity index is 1.15. The maximum Gasteiger partial charge on any atom is 0.231 e. The van der Waals surface area contributed by atoms with Gasteiger partial charge in [0.15, 0.2) is 11.5 Å². The van der Waals surface area contributed by atoms with Crippen LogP contribution in [0.4, 0.5) is 4.39 Å². The van der Waals surface area contributed by atoms with Gasteiger partial charge in [0.2, 0.25) is 6.79 Å². The van der Waals surface area contributed by atoms with E-state index in [0.717, 1.165) is 49.4 Å². The normalized spacial score (nSPS) is 22.5. The molecule has 0 amide bonds. The van der Waals surface area contributed by atoms with Crippen LogP contribution in [0.2, 0.25) is 0 Å². The molecule has 2 aromatic carbocycles. The fourth-order valence-corrected chi connectivity index (χ4v) is 5.01. The van der Waals surface area contributed by atoms with Crippen LogP contribution < -0.4 is 9.47 Å². The zero-order valence-electron chi connectivity index (χ0n) is 16.8. The molecule has 1 aliphatic carbocycles. The van der Waals surface area contributed by atoms with E-state index in [-0.39, 0.29) is 5.82 Å². The number of fused-ring (bicyclic) bond motifs is 1. The largest absolute Gasteiger partial charge is 0.454 e. The molecule has 0 saturated carbocycles. The summed E-state index contributed by atoms with van der Waals surface area (Å²) >= 11 is 0. The van der Waals surface area contributed by atoms with Gasteiger partial charge in [0.1, 0.15) is 5.82 Å². The maximum atomic E-state index is 13.9. The molecule has 1 fully saturated rings. The van der Waals surface area contributed by atoms with Crippen molar-refractivity contribution in [3.63, 3.8) is 0 Å². The van der Waals surface area contributed by atoms with E-state index in [9.17, 15) is 4.39 Å². The fraction of sp³-hybridized carbons (Fsp3) is 0.440. The molecule has 1 unspecified atom stereocenters. The minimum absolute atomic E-state index is 0.0524. The number of allylic oxidation sites excluding steroid dienone is 1. The molecule has 4 heteroatoms. The summed E-state index contributed by atoms with van der Waals surface area (Å²) in [5, 5.41) is 0. The van der Waals surface area contributed by atoms with Gasteiger partial charge in [-0.05, 0) is 92.4 Å². The number of halogens is 1. The zero-order valence-corrected chi connectivity index (χ0v) is 16.8. The van der Waals surface area contributed by atoms with Crippen molar-refractivity contribution in [2.45, 2.75) is 44.6 Å². The standard InChI is InChI=1S/C25H28FNO2/c26-23-4-2-1-3-21(23)15-18-11-13-27(14-12-18)22-8-5-19(6-9-22)20-7-10-24-25(16-20)29-17-28-24/h1-5,7,10,16,18,22H,6,8-9,11-15,17H2. The number of likely N-dealkylation sites (tertiary alicyclic amines) is 1. The molecule has 3 nitrogen and oxygen atoms in total. The van der Waals surface area contributed by atoms with Gasteiger partial charge in [0.25, 0.3) is 0 Å². The predicted octanol–water partition coefficient (Wildman–Crippen LogP) is 5.45. The number of hydrogen-bond acceptors (Lipinski definition) is 3. The average Bonchev–Trinajstić information content (AvgIpc) is 3.24. The summed E-state index contributed by atoms with van der Waals surface area (Å²) in [6.45, 7) is 2.60. The second kappa shape index (κ2) is 8.19. The molecular formula is C25H28FNO2. The van der Waals surface area contributed by atoms with Gasteiger partial charge < -0.3 is 14.4 Å². The minimum Gasteiger partial charge on any atom is -0.454 e. The summed E-state index contributed by atoms with van der Waals surface area (Å²) in [5.41, 5.74) is 3.56. The summed E-state index contributed by atoms with van der Waals surface area (Å²) in [4.78, 5) is 2.66. The van der Waals surface area contributed by atoms with Gasteiger partial charge in [0, 0.05) is 6.04 Å². The molecule has 0 aromatic heterocycles. The van der Waals surface area contributed by atoms with Crippen LogP contribution in [0.5, 0.6) is 11.5 Å². The van der Waals surface area contributed by atoms with Crippen molar-refractivity contribution in [3.05, 3.63) is 65.5 Å². The van der Waals surface area contributed by atoms with Gasteiger partial charge in [-0.2, -0.15) is 0 Å². The quantitative estimate of drug-likeness (QED) is 0.690. The highest BCUT2D eigenvalue weighted by molar-refractivity contribution is 5.69. The number of rotatable bonds is 4. The molecule has 152 valence electrons. The van der Waals surface area contributed by atoms with Gasteiger partial charge in [-0.1, -0.05) is 30.3 Å². The number of hydrogen-bond donors (Lipinski definition) is 0. The van der Waals surface area contributed by atoms with Crippen LogP contribution in [0, 0.1) is 11.7 Å². The Bertz CT molecular complexity index is 901. The molecule has 2 heterocycles. The third-order valence-corrected chi connectivity index (χ3v) is 6.76. The molecule has 29 heavy (non-hydrogen) atoms. The van der Waals surface area contributed by atoms with E-state index >= 15 is 0 Å². The third-order valence-electron chi connectivity index (χ3n) is 6.76. The van der Waals surface area contributed by atoms with Crippen LogP contribution in [-0.2, 0) is 6.42 Å². The third kappa shape index (κ3) is 4.04. The second-order valence-electron chi connectivity index (χ2n) is 8.50. The first-order chi connectivity index (χ1) is 14.3. The summed E-state index contributed by atoms with van der Waals surface area (Å²) in [5.74, 6) is 2.26. The van der Waals surface area contributed by atoms with E-state index < -0.39 is 0 Å². The Labute approximate surface area is 172 Å². The minimum atomic E-state index is -0.0524. The number of ether oxygens (including phenoxy) is 2. The molecule has 0 bridgehead atoms. The summed E-state index contributed by atoms with van der Waals surface area (Å²) in [7, 11) is 0. The second-order valence-corrected chi connectivity index (χ2v) is 8.50. The molecule has 0 radical (unpaired) electrons. The van der Waals surface area contributed by atoms with E-state index in [0.29, 0.717) is 18.8 Å². The van der Waals surface area contributed by atoms with Crippen molar-refractivity contribution in [2.75, 3.05) is 19.9 Å². The molecular weight excluding hydrogens is 365 g/mol. The molecule has 2 aromatic rings. The van der Waals surface area contributed by atoms with Crippen molar-refractivity contribution in [1.29, 1.82) is 0 Å². The molecule has 0 spiro atoms. The Morgan fingerprint density at radius 2 is 1.79 bits per heavy atom. The molecule has 0 N–H and O–H groups in total. The van der Waals surface area contributed by atoms with Crippen molar-refractivity contribution >= 4 is 5.57 Å². The molecule has 1 saturated heterocycles. The van der Waals surface area contributed by atoms with Gasteiger partial charge >= 0.3 is 0 Å². The molecule has 2 aliphatic heterocycles. The highest BCUT2D eigenvalue weighted by Crippen LogP contribution is 2.37. The predicted molar refractivity (Wildman–Crippen MR) is 113 cm³/mol. The highest BCUT2D eigenvalue weighted by atomic mass is 19.1. The SMILES string of the molecule is Fc1ccccc1CC1CCN(C2CC=C(c3ccc4c(c3)OCO4)CC2)CC1. The Hall–Kier alpha value is -2.33. The van der Waals surface area contributed by atoms with Gasteiger partial charge in [-0.15, -0.1) is 0 Å². The maximum absolute atomic E-state index is 13.9. The zero-order chi connectivity index (χ0) is 19.6. The number of benzene rings is 2. The van der Waals surface area contributed by atoms with Crippen LogP contribution in [0.3, 0.4) is 0 Å². The molecule has 5 rings (SSSR count). The smallest absolute Gasteiger partial charge is 0.231 e. The fourth-order valence-electron chi connectivity index (χ4n) is 5.01. The van der Waals surface area contributed by atoms with E-state index in [4.69, 9.17) is 9.47 Å². The lowest BCUT2D eigenvalue weighted by molar-refractivity contribution is 0.125. The topological polar surface area (TPSA) is 21.7 Å². The van der Waals surface area contributed by atoms with Crippen molar-refractivity contribution in [1.82, 2.24) is 4.90 Å². The lowest BCUT2D eigenvalue weighted by Crippen LogP contribution is -2.42. The van der Waals surface area contributed by atoms with E-state index in [2.05, 4.69) is 23.1 Å². The molecule has 1 atom stereocenters. The van der Waals surface area contributed by atoms with E-state index in [1.807, 2.05) is 18.2 Å². The lowest BCUT2D eigenvalue weighted by atomic mass is 9.86. The van der Waals surface area contributed by atoms with Crippen LogP contribution in [-0.4, -0.2) is 30.8 Å². The number of nitrogens with zero attached hydrogens (tertiary/aromatic N) is 1. The summed E-state index contributed by atoms with van der Waals surface area (Å²) < 4.78 is 24.9. The van der Waals surface area contributed by atoms with Crippen LogP contribution in [0.1, 0.15) is 43.2 Å². The highest BCUT2D eigenvalue weighted by Gasteiger charge is 2.27. The van der Waals surface area contributed by atoms with E-state index in [1.54, 1.807) is 12.1 Å². The Kier molecular flexibility index (Phi) is 5.28. The van der Waals surface area contributed by atoms with Crippen molar-refractivity contribution in [3.8, 4) is 11.5 Å². The average molecular weight is 394 g/mol. The Morgan fingerprint density at radius 3 is 2.59 bits per heavy atom. The van der Waals surface area contributed by atoms with E-state index in [1.165, 1.54) is 30.4 Å². The van der Waals surface area contributed by atoms with Crippen LogP contribution in [0.15, 0.2) is 48.5 Å². The van der Waals surface area contributed by atoms with Crippen LogP contribution >= 0.6 is 0 Å². The summed E-state index contributed by atoms with van der Waals surface area (Å²) in [6, 6.07) is 14.2. The van der Waals surface area contributed by atoms with Gasteiger partial charge in [0.05, 0.1) is 0 Å². The number of piperidine rings is 1. The lowest BCUT2D eigenvalue weighted by Gasteiger charge is -2.39. The summed E-state index contributed by atoms with van der Waals surface area (Å²) in [6.07, 6.45) is 9.06. The first-order valence-corrected chi connectivity index (χ1v) is 10.8. The monoisotopic (exact) mass is 393 g/mol. The first-order valence-electron chi connectivity index (χ1n) is 10.8. The van der Waals surface area contributed by atoms with Gasteiger partial charge in [-0.3, -0.25) is 0 Å². The molecule has 3 aliphatic rings.